The van der Waals surface area contributed by atoms with Crippen LogP contribution in [-0.2, 0) is 4.79 Å². The lowest BCUT2D eigenvalue weighted by atomic mass is 9.72. The van der Waals surface area contributed by atoms with Crippen LogP contribution in [0.3, 0.4) is 0 Å². The Hall–Kier alpha value is -0.780. The van der Waals surface area contributed by atoms with Crippen molar-refractivity contribution in [3.63, 3.8) is 0 Å². The molecule has 2 aliphatic carbocycles. The second kappa shape index (κ2) is 5.31. The van der Waals surface area contributed by atoms with Crippen molar-refractivity contribution < 1.29 is 18.0 Å². The van der Waals surface area contributed by atoms with Crippen LogP contribution in [0.2, 0.25) is 0 Å². The van der Waals surface area contributed by atoms with E-state index in [-0.39, 0.29) is 24.4 Å². The SMILES string of the molecule is CCN(CCC(F)(F)F)C(=O)C1C[C@@H]2C[C@H](N)[C@@H]2C1. The molecule has 0 radical (unpaired) electrons. The minimum absolute atomic E-state index is 0.114. The van der Waals surface area contributed by atoms with Crippen LogP contribution < -0.4 is 5.73 Å². The molecular formula is C13H21F3N2O. The van der Waals surface area contributed by atoms with Gasteiger partial charge >= 0.3 is 6.18 Å². The van der Waals surface area contributed by atoms with E-state index < -0.39 is 12.6 Å². The van der Waals surface area contributed by atoms with Crippen LogP contribution in [0.1, 0.15) is 32.6 Å². The number of rotatable bonds is 4. The summed E-state index contributed by atoms with van der Waals surface area (Å²) >= 11 is 0. The van der Waals surface area contributed by atoms with E-state index in [0.29, 0.717) is 18.4 Å². The number of hydrogen-bond donors (Lipinski definition) is 1. The monoisotopic (exact) mass is 278 g/mol. The summed E-state index contributed by atoms with van der Waals surface area (Å²) in [4.78, 5) is 13.6. The third-order valence-corrected chi connectivity index (χ3v) is 4.58. The fourth-order valence-corrected chi connectivity index (χ4v) is 3.43. The summed E-state index contributed by atoms with van der Waals surface area (Å²) in [5, 5.41) is 0. The normalized spacial score (nSPS) is 33.7. The molecule has 0 saturated heterocycles. The zero-order chi connectivity index (χ0) is 14.2. The van der Waals surface area contributed by atoms with Gasteiger partial charge in [0.15, 0.2) is 0 Å². The molecule has 110 valence electrons. The lowest BCUT2D eigenvalue weighted by Crippen LogP contribution is -2.44. The zero-order valence-electron chi connectivity index (χ0n) is 11.1. The van der Waals surface area contributed by atoms with Gasteiger partial charge in [0, 0.05) is 25.0 Å². The van der Waals surface area contributed by atoms with Crippen LogP contribution in [0, 0.1) is 17.8 Å². The zero-order valence-corrected chi connectivity index (χ0v) is 11.1. The Balaban J connectivity index is 1.87. The van der Waals surface area contributed by atoms with Gasteiger partial charge in [-0.25, -0.2) is 0 Å². The molecule has 6 heteroatoms. The summed E-state index contributed by atoms with van der Waals surface area (Å²) in [6.07, 6.45) is -2.60. The molecule has 0 aliphatic heterocycles. The summed E-state index contributed by atoms with van der Waals surface area (Å²) in [6, 6.07) is 0.188. The van der Waals surface area contributed by atoms with Gasteiger partial charge in [-0.2, -0.15) is 13.2 Å². The van der Waals surface area contributed by atoms with Gasteiger partial charge in [-0.05, 0) is 38.0 Å². The molecule has 2 N–H and O–H groups in total. The van der Waals surface area contributed by atoms with Crippen molar-refractivity contribution in [3.8, 4) is 0 Å². The van der Waals surface area contributed by atoms with E-state index in [0.717, 1.165) is 19.3 Å². The fourth-order valence-electron chi connectivity index (χ4n) is 3.43. The van der Waals surface area contributed by atoms with Crippen LogP contribution in [-0.4, -0.2) is 36.1 Å². The van der Waals surface area contributed by atoms with E-state index >= 15 is 0 Å². The van der Waals surface area contributed by atoms with E-state index in [2.05, 4.69) is 0 Å². The number of nitrogens with two attached hydrogens (primary N) is 1. The number of carbonyl (C=O) groups is 1. The van der Waals surface area contributed by atoms with Gasteiger partial charge in [0.1, 0.15) is 0 Å². The highest BCUT2D eigenvalue weighted by Crippen LogP contribution is 2.49. The van der Waals surface area contributed by atoms with Gasteiger partial charge in [0.25, 0.3) is 0 Å². The van der Waals surface area contributed by atoms with Gasteiger partial charge in [-0.3, -0.25) is 4.79 Å². The number of amides is 1. The van der Waals surface area contributed by atoms with Crippen molar-refractivity contribution in [1.82, 2.24) is 4.90 Å². The maximum absolute atomic E-state index is 12.2. The van der Waals surface area contributed by atoms with Crippen LogP contribution in [0.5, 0.6) is 0 Å². The van der Waals surface area contributed by atoms with Crippen molar-refractivity contribution in [3.05, 3.63) is 0 Å². The Morgan fingerprint density at radius 1 is 1.32 bits per heavy atom. The molecular weight excluding hydrogens is 257 g/mol. The maximum atomic E-state index is 12.2. The average molecular weight is 278 g/mol. The second-order valence-corrected chi connectivity index (χ2v) is 5.77. The standard InChI is InChI=1S/C13H21F3N2O/c1-2-18(4-3-13(14,15)16)12(19)9-5-8-7-11(17)10(8)6-9/h8-11H,2-7,17H2,1H3/t8-,9?,10-,11+/m1/s1. The molecule has 0 bridgehead atoms. The summed E-state index contributed by atoms with van der Waals surface area (Å²) in [5.41, 5.74) is 5.88. The summed E-state index contributed by atoms with van der Waals surface area (Å²) in [7, 11) is 0. The van der Waals surface area contributed by atoms with E-state index in [1.165, 1.54) is 4.90 Å². The van der Waals surface area contributed by atoms with Crippen molar-refractivity contribution in [2.24, 2.45) is 23.5 Å². The molecule has 2 fully saturated rings. The van der Waals surface area contributed by atoms with Crippen molar-refractivity contribution >= 4 is 5.91 Å². The molecule has 3 nitrogen and oxygen atoms in total. The van der Waals surface area contributed by atoms with E-state index in [1.54, 1.807) is 6.92 Å². The van der Waals surface area contributed by atoms with Crippen molar-refractivity contribution in [2.75, 3.05) is 13.1 Å². The molecule has 4 atom stereocenters. The Labute approximate surface area is 111 Å². The highest BCUT2D eigenvalue weighted by molar-refractivity contribution is 5.79. The van der Waals surface area contributed by atoms with Gasteiger partial charge in [-0.1, -0.05) is 0 Å². The maximum Gasteiger partial charge on any atom is 0.390 e. The molecule has 0 aromatic rings. The van der Waals surface area contributed by atoms with Gasteiger partial charge < -0.3 is 10.6 Å². The highest BCUT2D eigenvalue weighted by Gasteiger charge is 2.48. The Bertz CT molecular complexity index is 345. The first-order chi connectivity index (χ1) is 8.81. The smallest absolute Gasteiger partial charge is 0.342 e. The summed E-state index contributed by atoms with van der Waals surface area (Å²) in [5.74, 6) is 0.700. The number of halogens is 3. The summed E-state index contributed by atoms with van der Waals surface area (Å²) in [6.45, 7) is 1.84. The third-order valence-electron chi connectivity index (χ3n) is 4.58. The summed E-state index contributed by atoms with van der Waals surface area (Å²) < 4.78 is 36.7. The number of nitrogens with zero attached hydrogens (tertiary/aromatic N) is 1. The lowest BCUT2D eigenvalue weighted by Gasteiger charge is -2.37. The van der Waals surface area contributed by atoms with Gasteiger partial charge in [-0.15, -0.1) is 0 Å². The van der Waals surface area contributed by atoms with E-state index in [1.807, 2.05) is 0 Å². The van der Waals surface area contributed by atoms with Crippen LogP contribution >= 0.6 is 0 Å². The number of hydrogen-bond acceptors (Lipinski definition) is 2. The predicted octanol–water partition coefficient (Wildman–Crippen LogP) is 2.16. The van der Waals surface area contributed by atoms with Crippen molar-refractivity contribution in [1.29, 1.82) is 0 Å². The molecule has 0 aromatic heterocycles. The average Bonchev–Trinajstić information content (AvgIpc) is 2.65. The van der Waals surface area contributed by atoms with Crippen LogP contribution in [0.25, 0.3) is 0 Å². The Kier molecular flexibility index (Phi) is 4.08. The van der Waals surface area contributed by atoms with Crippen LogP contribution in [0.15, 0.2) is 0 Å². The largest absolute Gasteiger partial charge is 0.390 e. The van der Waals surface area contributed by atoms with E-state index in [9.17, 15) is 18.0 Å². The number of carbonyl (C=O) groups excluding carboxylic acids is 1. The van der Waals surface area contributed by atoms with Crippen molar-refractivity contribution in [2.45, 2.75) is 44.8 Å². The van der Waals surface area contributed by atoms with E-state index in [4.69, 9.17) is 5.73 Å². The molecule has 2 rings (SSSR count). The minimum Gasteiger partial charge on any atom is -0.342 e. The molecule has 19 heavy (non-hydrogen) atoms. The lowest BCUT2D eigenvalue weighted by molar-refractivity contribution is -0.147. The first-order valence-corrected chi connectivity index (χ1v) is 6.93. The van der Waals surface area contributed by atoms with Gasteiger partial charge in [0.05, 0.1) is 6.42 Å². The Morgan fingerprint density at radius 2 is 2.00 bits per heavy atom. The number of alkyl halides is 3. The first kappa shape index (κ1) is 14.6. The predicted molar refractivity (Wildman–Crippen MR) is 65.2 cm³/mol. The minimum atomic E-state index is -4.20. The molecule has 2 saturated carbocycles. The fraction of sp³-hybridized carbons (Fsp3) is 0.923. The first-order valence-electron chi connectivity index (χ1n) is 6.93. The van der Waals surface area contributed by atoms with Crippen LogP contribution in [0.4, 0.5) is 13.2 Å². The Morgan fingerprint density at radius 3 is 2.47 bits per heavy atom. The molecule has 0 aromatic carbocycles. The molecule has 1 unspecified atom stereocenters. The second-order valence-electron chi connectivity index (χ2n) is 5.77. The molecule has 2 aliphatic rings. The molecule has 1 amide bonds. The van der Waals surface area contributed by atoms with Gasteiger partial charge in [0.2, 0.25) is 5.91 Å². The number of fused-ring (bicyclic) bond motifs is 1. The molecule has 0 spiro atoms. The quantitative estimate of drug-likeness (QED) is 0.856. The topological polar surface area (TPSA) is 46.3 Å². The third kappa shape index (κ3) is 3.22. The molecule has 0 heterocycles. The highest BCUT2D eigenvalue weighted by atomic mass is 19.4.